The first kappa shape index (κ1) is 12.5. The second-order valence-electron chi connectivity index (χ2n) is 4.55. The highest BCUT2D eigenvalue weighted by Crippen LogP contribution is 2.20. The lowest BCUT2D eigenvalue weighted by Gasteiger charge is -2.29. The van der Waals surface area contributed by atoms with E-state index in [-0.39, 0.29) is 5.91 Å². The Labute approximate surface area is 105 Å². The van der Waals surface area contributed by atoms with Crippen LogP contribution in [0, 0.1) is 5.92 Å². The zero-order valence-corrected chi connectivity index (χ0v) is 10.8. The van der Waals surface area contributed by atoms with Gasteiger partial charge in [-0.2, -0.15) is 0 Å². The van der Waals surface area contributed by atoms with Crippen molar-refractivity contribution < 1.29 is 4.79 Å². The number of piperidine rings is 1. The monoisotopic (exact) mass is 254 g/mol. The molecule has 2 rings (SSSR count). The van der Waals surface area contributed by atoms with Gasteiger partial charge in [0, 0.05) is 0 Å². The first-order valence-corrected chi connectivity index (χ1v) is 6.68. The molecule has 0 radical (unpaired) electrons. The van der Waals surface area contributed by atoms with Crippen LogP contribution in [0.2, 0.25) is 0 Å². The fourth-order valence-electron chi connectivity index (χ4n) is 1.97. The quantitative estimate of drug-likeness (QED) is 0.479. The number of aromatic nitrogens is 1. The maximum atomic E-state index is 11.3. The van der Waals surface area contributed by atoms with Gasteiger partial charge in [0.05, 0.1) is 12.7 Å². The third-order valence-electron chi connectivity index (χ3n) is 3.14. The molecule has 0 saturated carbocycles. The van der Waals surface area contributed by atoms with Gasteiger partial charge in [0.15, 0.2) is 0 Å². The van der Waals surface area contributed by atoms with Crippen molar-refractivity contribution in [2.24, 2.45) is 11.8 Å². The number of thiazole rings is 1. The van der Waals surface area contributed by atoms with Crippen molar-refractivity contribution >= 4 is 17.2 Å². The number of nitrogens with one attached hydrogen (secondary N) is 1. The number of nitrogen functional groups attached to an aromatic ring is 1. The molecule has 0 unspecified atom stereocenters. The molecule has 1 amide bonds. The predicted octanol–water partition coefficient (Wildman–Crippen LogP) is 0.978. The Morgan fingerprint density at radius 2 is 2.35 bits per heavy atom. The molecule has 1 aromatic heterocycles. The third-order valence-corrected chi connectivity index (χ3v) is 4.12. The Hall–Kier alpha value is -0.980. The Kier molecular flexibility index (Phi) is 4.09. The summed E-state index contributed by atoms with van der Waals surface area (Å²) in [5, 5.41) is 0.984. The number of likely N-dealkylation sites (tertiary alicyclic amines) is 1. The molecule has 0 bridgehead atoms. The van der Waals surface area contributed by atoms with Crippen LogP contribution in [0.5, 0.6) is 0 Å². The molecule has 0 aromatic carbocycles. The van der Waals surface area contributed by atoms with Crippen molar-refractivity contribution in [3.8, 4) is 0 Å². The summed E-state index contributed by atoms with van der Waals surface area (Å²) in [7, 11) is 0. The van der Waals surface area contributed by atoms with Crippen molar-refractivity contribution in [2.45, 2.75) is 26.3 Å². The largest absolute Gasteiger partial charge is 0.297 e. The van der Waals surface area contributed by atoms with Gasteiger partial charge >= 0.3 is 0 Å². The highest BCUT2D eigenvalue weighted by atomic mass is 32.1. The lowest BCUT2D eigenvalue weighted by atomic mass is 9.99. The molecular weight excluding hydrogens is 236 g/mol. The van der Waals surface area contributed by atoms with E-state index in [4.69, 9.17) is 5.84 Å². The van der Waals surface area contributed by atoms with Crippen molar-refractivity contribution in [1.29, 1.82) is 0 Å². The summed E-state index contributed by atoms with van der Waals surface area (Å²) in [6.07, 6.45) is 4.10. The number of amides is 1. The average Bonchev–Trinajstić information content (AvgIpc) is 2.80. The van der Waals surface area contributed by atoms with E-state index in [1.165, 1.54) is 24.2 Å². The number of carbonyl (C=O) groups is 1. The SMILES string of the molecule is CC1CCN(Cc2ncc(C(=O)NN)s2)CC1. The van der Waals surface area contributed by atoms with E-state index in [2.05, 4.69) is 22.2 Å². The van der Waals surface area contributed by atoms with Crippen LogP contribution in [-0.2, 0) is 6.54 Å². The molecule has 1 aromatic rings. The van der Waals surface area contributed by atoms with Gasteiger partial charge in [0.1, 0.15) is 9.88 Å². The fraction of sp³-hybridized carbons (Fsp3) is 0.636. The Morgan fingerprint density at radius 3 is 3.00 bits per heavy atom. The molecule has 1 saturated heterocycles. The number of rotatable bonds is 3. The zero-order chi connectivity index (χ0) is 12.3. The Morgan fingerprint density at radius 1 is 1.65 bits per heavy atom. The van der Waals surface area contributed by atoms with Crippen LogP contribution in [0.25, 0.3) is 0 Å². The van der Waals surface area contributed by atoms with E-state index < -0.39 is 0 Å². The first-order valence-electron chi connectivity index (χ1n) is 5.87. The maximum absolute atomic E-state index is 11.3. The Bertz CT molecular complexity index is 385. The predicted molar refractivity (Wildman–Crippen MR) is 67.4 cm³/mol. The molecule has 0 aliphatic carbocycles. The van der Waals surface area contributed by atoms with Crippen LogP contribution < -0.4 is 11.3 Å². The summed E-state index contributed by atoms with van der Waals surface area (Å²) in [4.78, 5) is 18.5. The lowest BCUT2D eigenvalue weighted by Crippen LogP contribution is -2.32. The minimum absolute atomic E-state index is 0.263. The standard InChI is InChI=1S/C11H18N4OS/c1-8-2-4-15(5-3-8)7-10-13-6-9(17-10)11(16)14-12/h6,8H,2-5,7,12H2,1H3,(H,14,16). The van der Waals surface area contributed by atoms with Gasteiger partial charge in [-0.25, -0.2) is 10.8 Å². The van der Waals surface area contributed by atoms with Crippen molar-refractivity contribution in [3.05, 3.63) is 16.1 Å². The van der Waals surface area contributed by atoms with Gasteiger partial charge in [0.25, 0.3) is 5.91 Å². The molecule has 0 atom stereocenters. The average molecular weight is 254 g/mol. The second-order valence-corrected chi connectivity index (χ2v) is 5.67. The third kappa shape index (κ3) is 3.24. The molecule has 94 valence electrons. The molecular formula is C11H18N4OS. The van der Waals surface area contributed by atoms with Crippen LogP contribution in [0.15, 0.2) is 6.20 Å². The van der Waals surface area contributed by atoms with E-state index in [0.717, 1.165) is 30.6 Å². The topological polar surface area (TPSA) is 71.2 Å². The minimum Gasteiger partial charge on any atom is -0.297 e. The number of nitrogens with two attached hydrogens (primary N) is 1. The molecule has 1 aliphatic heterocycles. The van der Waals surface area contributed by atoms with E-state index in [9.17, 15) is 4.79 Å². The number of hydrogen-bond donors (Lipinski definition) is 2. The lowest BCUT2D eigenvalue weighted by molar-refractivity contribution is 0.0957. The van der Waals surface area contributed by atoms with E-state index in [1.807, 2.05) is 0 Å². The van der Waals surface area contributed by atoms with Gasteiger partial charge in [-0.3, -0.25) is 15.1 Å². The molecule has 1 aliphatic rings. The molecule has 0 spiro atoms. The number of hydrogen-bond acceptors (Lipinski definition) is 5. The molecule has 5 nitrogen and oxygen atoms in total. The highest BCUT2D eigenvalue weighted by Gasteiger charge is 2.17. The Balaban J connectivity index is 1.90. The summed E-state index contributed by atoms with van der Waals surface area (Å²) < 4.78 is 0. The van der Waals surface area contributed by atoms with Gasteiger partial charge in [-0.05, 0) is 31.8 Å². The van der Waals surface area contributed by atoms with E-state index in [0.29, 0.717) is 4.88 Å². The van der Waals surface area contributed by atoms with Crippen molar-refractivity contribution in [2.75, 3.05) is 13.1 Å². The highest BCUT2D eigenvalue weighted by molar-refractivity contribution is 7.13. The van der Waals surface area contributed by atoms with Gasteiger partial charge < -0.3 is 0 Å². The second kappa shape index (κ2) is 5.57. The number of carbonyl (C=O) groups excluding carboxylic acids is 1. The number of hydrazine groups is 1. The summed E-state index contributed by atoms with van der Waals surface area (Å²) >= 11 is 1.42. The smallest absolute Gasteiger partial charge is 0.276 e. The van der Waals surface area contributed by atoms with Gasteiger partial charge in [-0.1, -0.05) is 6.92 Å². The summed E-state index contributed by atoms with van der Waals surface area (Å²) in [5.74, 6) is 5.65. The zero-order valence-electron chi connectivity index (χ0n) is 9.98. The minimum atomic E-state index is -0.263. The van der Waals surface area contributed by atoms with E-state index in [1.54, 1.807) is 6.20 Å². The van der Waals surface area contributed by atoms with Crippen LogP contribution in [0.1, 0.15) is 34.4 Å². The van der Waals surface area contributed by atoms with E-state index >= 15 is 0 Å². The molecule has 6 heteroatoms. The number of nitrogens with zero attached hydrogens (tertiary/aromatic N) is 2. The van der Waals surface area contributed by atoms with Crippen molar-refractivity contribution in [1.82, 2.24) is 15.3 Å². The van der Waals surface area contributed by atoms with Crippen LogP contribution in [0.3, 0.4) is 0 Å². The normalized spacial score (nSPS) is 18.2. The van der Waals surface area contributed by atoms with Crippen LogP contribution in [0.4, 0.5) is 0 Å². The molecule has 1 fully saturated rings. The van der Waals surface area contributed by atoms with Crippen LogP contribution in [-0.4, -0.2) is 28.9 Å². The summed E-state index contributed by atoms with van der Waals surface area (Å²) in [5.41, 5.74) is 2.12. The first-order chi connectivity index (χ1) is 8.19. The maximum Gasteiger partial charge on any atom is 0.276 e. The van der Waals surface area contributed by atoms with Gasteiger partial charge in [-0.15, -0.1) is 11.3 Å². The van der Waals surface area contributed by atoms with Crippen molar-refractivity contribution in [3.63, 3.8) is 0 Å². The van der Waals surface area contributed by atoms with Gasteiger partial charge in [0.2, 0.25) is 0 Å². The molecule has 17 heavy (non-hydrogen) atoms. The van der Waals surface area contributed by atoms with Crippen LogP contribution >= 0.6 is 11.3 Å². The summed E-state index contributed by atoms with van der Waals surface area (Å²) in [6.45, 7) is 5.39. The molecule has 3 N–H and O–H groups in total. The molecule has 2 heterocycles. The fourth-order valence-corrected chi connectivity index (χ4v) is 2.83. The summed E-state index contributed by atoms with van der Waals surface area (Å²) in [6, 6.07) is 0.